The Labute approximate surface area is 195 Å². The van der Waals surface area contributed by atoms with Gasteiger partial charge in [-0.2, -0.15) is 8.42 Å². The highest BCUT2D eigenvalue weighted by molar-refractivity contribution is 7.92. The van der Waals surface area contributed by atoms with E-state index in [1.807, 2.05) is 0 Å². The lowest BCUT2D eigenvalue weighted by Crippen LogP contribution is -2.41. The van der Waals surface area contributed by atoms with Crippen molar-refractivity contribution in [2.24, 2.45) is 0 Å². The summed E-state index contributed by atoms with van der Waals surface area (Å²) in [7, 11) is -7.54. The van der Waals surface area contributed by atoms with Crippen LogP contribution in [-0.2, 0) is 38.4 Å². The molecule has 1 aliphatic rings. The fourth-order valence-corrected chi connectivity index (χ4v) is 6.58. The third-order valence-electron chi connectivity index (χ3n) is 5.30. The first kappa shape index (κ1) is 25.1. The number of ether oxygens (including phenoxy) is 1. The van der Waals surface area contributed by atoms with Crippen LogP contribution < -0.4 is 0 Å². The van der Waals surface area contributed by atoms with Gasteiger partial charge in [0.2, 0.25) is 0 Å². The molecule has 0 N–H and O–H groups in total. The van der Waals surface area contributed by atoms with Crippen molar-refractivity contribution in [1.29, 1.82) is 0 Å². The van der Waals surface area contributed by atoms with Crippen molar-refractivity contribution in [2.75, 3.05) is 13.4 Å². The Hall–Kier alpha value is -2.50. The molecule has 0 amide bonds. The van der Waals surface area contributed by atoms with Crippen molar-refractivity contribution in [3.05, 3.63) is 76.0 Å². The van der Waals surface area contributed by atoms with Crippen LogP contribution in [0, 0.1) is 11.6 Å². The Bertz CT molecular complexity index is 1340. The van der Waals surface area contributed by atoms with E-state index < -0.39 is 66.3 Å². The molecule has 0 bridgehead atoms. The number of esters is 1. The maximum absolute atomic E-state index is 15.0. The van der Waals surface area contributed by atoms with Gasteiger partial charge in [0.15, 0.2) is 9.84 Å². The second-order valence-electron chi connectivity index (χ2n) is 7.43. The van der Waals surface area contributed by atoms with Crippen LogP contribution in [0.3, 0.4) is 0 Å². The average Bonchev–Trinajstić information content (AvgIpc) is 2.74. The number of hydrogen-bond donors (Lipinski definition) is 0. The van der Waals surface area contributed by atoms with E-state index in [2.05, 4.69) is 0 Å². The second-order valence-corrected chi connectivity index (χ2v) is 11.7. The van der Waals surface area contributed by atoms with E-state index in [0.717, 1.165) is 31.6 Å². The van der Waals surface area contributed by atoms with Crippen molar-refractivity contribution >= 4 is 37.5 Å². The first-order valence-corrected chi connectivity index (χ1v) is 13.1. The van der Waals surface area contributed by atoms with Gasteiger partial charge in [-0.25, -0.2) is 22.0 Å². The number of hydrogen-bond acceptors (Lipinski definition) is 7. The molecule has 2 aromatic rings. The summed E-state index contributed by atoms with van der Waals surface area (Å²) in [6.45, 7) is 0. The quantitative estimate of drug-likeness (QED) is 0.420. The van der Waals surface area contributed by atoms with Gasteiger partial charge in [-0.3, -0.25) is 0 Å². The molecule has 0 spiro atoms. The summed E-state index contributed by atoms with van der Waals surface area (Å²) in [5.41, 5.74) is -0.910. The minimum absolute atomic E-state index is 0.243. The number of halogens is 3. The normalized spacial score (nSPS) is 19.3. The van der Waals surface area contributed by atoms with E-state index >= 15 is 0 Å². The summed E-state index contributed by atoms with van der Waals surface area (Å²) >= 11 is 5.86. The van der Waals surface area contributed by atoms with Gasteiger partial charge in [0.1, 0.15) is 22.1 Å². The molecule has 1 atom stereocenters. The summed E-state index contributed by atoms with van der Waals surface area (Å²) in [5.74, 6) is -3.27. The van der Waals surface area contributed by atoms with E-state index in [1.54, 1.807) is 0 Å². The number of methoxy groups -OCH3 is 1. The Morgan fingerprint density at radius 1 is 1.06 bits per heavy atom. The lowest BCUT2D eigenvalue weighted by atomic mass is 9.81. The molecule has 0 aliphatic heterocycles. The predicted molar refractivity (Wildman–Crippen MR) is 115 cm³/mol. The highest BCUT2D eigenvalue weighted by Gasteiger charge is 2.52. The minimum Gasteiger partial charge on any atom is -0.466 e. The van der Waals surface area contributed by atoms with E-state index in [0.29, 0.717) is 0 Å². The van der Waals surface area contributed by atoms with Crippen LogP contribution in [0.15, 0.2) is 58.7 Å². The molecule has 1 aliphatic carbocycles. The molecule has 0 saturated carbocycles. The Morgan fingerprint density at radius 2 is 1.70 bits per heavy atom. The van der Waals surface area contributed by atoms with Crippen molar-refractivity contribution in [1.82, 2.24) is 0 Å². The van der Waals surface area contributed by atoms with Crippen molar-refractivity contribution in [3.63, 3.8) is 0 Å². The van der Waals surface area contributed by atoms with Crippen molar-refractivity contribution < 1.29 is 39.3 Å². The number of benzene rings is 2. The monoisotopic (exact) mass is 520 g/mol. The SMILES string of the molecule is COC(=O)C1=C(OS(C)(=O)=O)CC[C@@](c2cc(F)ccc2F)(S(=O)(=O)c2ccc(Cl)cc2)C1. The zero-order valence-corrected chi connectivity index (χ0v) is 19.9. The molecule has 0 unspecified atom stereocenters. The van der Waals surface area contributed by atoms with Gasteiger partial charge in [-0.15, -0.1) is 0 Å². The number of carbonyl (C=O) groups is 1. The van der Waals surface area contributed by atoms with Gasteiger partial charge in [0.05, 0.1) is 23.8 Å². The molecule has 3 rings (SSSR count). The van der Waals surface area contributed by atoms with Gasteiger partial charge >= 0.3 is 16.1 Å². The maximum atomic E-state index is 15.0. The van der Waals surface area contributed by atoms with E-state index in [1.165, 1.54) is 24.3 Å². The molecule has 7 nitrogen and oxygen atoms in total. The van der Waals surface area contributed by atoms with Crippen LogP contribution >= 0.6 is 11.6 Å². The molecule has 12 heteroatoms. The van der Waals surface area contributed by atoms with Crippen LogP contribution in [0.2, 0.25) is 5.02 Å². The molecule has 33 heavy (non-hydrogen) atoms. The number of sulfone groups is 1. The lowest BCUT2D eigenvalue weighted by molar-refractivity contribution is -0.136. The largest absolute Gasteiger partial charge is 0.466 e. The van der Waals surface area contributed by atoms with Gasteiger partial charge in [-0.05, 0) is 48.9 Å². The molecular formula is C21H19ClF2O7S2. The Balaban J connectivity index is 2.32. The van der Waals surface area contributed by atoms with Crippen molar-refractivity contribution in [3.8, 4) is 0 Å². The third kappa shape index (κ3) is 4.90. The van der Waals surface area contributed by atoms with Crippen LogP contribution in [0.1, 0.15) is 24.8 Å². The summed E-state index contributed by atoms with van der Waals surface area (Å²) in [5, 5.41) is 0.252. The summed E-state index contributed by atoms with van der Waals surface area (Å²) < 4.78 is 87.7. The van der Waals surface area contributed by atoms with Crippen LogP contribution in [0.4, 0.5) is 8.78 Å². The van der Waals surface area contributed by atoms with Gasteiger partial charge in [0.25, 0.3) is 0 Å². The van der Waals surface area contributed by atoms with E-state index in [4.69, 9.17) is 20.5 Å². The standard InChI is InChI=1S/C21H19ClF2O7S2/c1-30-20(25)16-12-21(10-9-19(16)31-32(2,26)27,17-11-14(23)5-8-18(17)24)33(28,29)15-6-3-13(22)4-7-15/h3-8,11H,9-10,12H2,1-2H3/t21-/m1/s1. The molecule has 0 heterocycles. The first-order valence-electron chi connectivity index (χ1n) is 9.46. The molecule has 0 saturated heterocycles. The van der Waals surface area contributed by atoms with Gasteiger partial charge in [-0.1, -0.05) is 11.6 Å². The Morgan fingerprint density at radius 3 is 2.27 bits per heavy atom. The smallest absolute Gasteiger partial charge is 0.337 e. The first-order chi connectivity index (χ1) is 15.3. The molecule has 0 fully saturated rings. The third-order valence-corrected chi connectivity index (χ3v) is 8.54. The topological polar surface area (TPSA) is 104 Å². The fourth-order valence-electron chi connectivity index (χ4n) is 3.81. The maximum Gasteiger partial charge on any atom is 0.337 e. The number of allylic oxidation sites excluding steroid dienone is 1. The minimum atomic E-state index is -4.49. The zero-order chi connectivity index (χ0) is 24.6. The summed E-state index contributed by atoms with van der Waals surface area (Å²) in [6, 6.07) is 7.43. The van der Waals surface area contributed by atoms with E-state index in [9.17, 15) is 30.4 Å². The fraction of sp³-hybridized carbons (Fsp3) is 0.286. The highest BCUT2D eigenvalue weighted by Crippen LogP contribution is 2.50. The number of rotatable bonds is 6. The summed E-state index contributed by atoms with van der Waals surface area (Å²) in [6.07, 6.45) is -0.729. The van der Waals surface area contributed by atoms with Crippen LogP contribution in [0.5, 0.6) is 0 Å². The highest BCUT2D eigenvalue weighted by atomic mass is 35.5. The molecule has 178 valence electrons. The Kier molecular flexibility index (Phi) is 6.88. The van der Waals surface area contributed by atoms with Gasteiger partial charge in [0, 0.05) is 23.4 Å². The average molecular weight is 521 g/mol. The number of carbonyl (C=O) groups excluding carboxylic acids is 1. The second kappa shape index (κ2) is 9.03. The van der Waals surface area contributed by atoms with E-state index in [-0.39, 0.29) is 22.1 Å². The molecular weight excluding hydrogens is 502 g/mol. The van der Waals surface area contributed by atoms with Crippen LogP contribution in [-0.4, -0.2) is 36.2 Å². The summed E-state index contributed by atoms with van der Waals surface area (Å²) in [4.78, 5) is 12.3. The lowest BCUT2D eigenvalue weighted by Gasteiger charge is -2.38. The molecule has 0 aromatic heterocycles. The molecule has 2 aromatic carbocycles. The van der Waals surface area contributed by atoms with Crippen LogP contribution in [0.25, 0.3) is 0 Å². The van der Waals surface area contributed by atoms with Crippen molar-refractivity contribution in [2.45, 2.75) is 28.9 Å². The zero-order valence-electron chi connectivity index (χ0n) is 17.5. The van der Waals surface area contributed by atoms with Gasteiger partial charge < -0.3 is 8.92 Å². The predicted octanol–water partition coefficient (Wildman–Crippen LogP) is 3.87. The molecule has 0 radical (unpaired) electrons.